The Labute approximate surface area is 185 Å². The number of unbranched alkanes of at least 4 members (excludes halogenated alkanes) is 1. The summed E-state index contributed by atoms with van der Waals surface area (Å²) in [5, 5.41) is 24.8. The molecule has 2 atom stereocenters. The number of benzene rings is 1. The molecule has 178 valence electrons. The lowest BCUT2D eigenvalue weighted by molar-refractivity contribution is -0.134. The second-order valence-electron chi connectivity index (χ2n) is 6.51. The highest BCUT2D eigenvalue weighted by atomic mass is 16.5. The van der Waals surface area contributed by atoms with E-state index in [4.69, 9.17) is 24.9 Å². The van der Waals surface area contributed by atoms with Gasteiger partial charge in [0.05, 0.1) is 18.4 Å². The maximum absolute atomic E-state index is 12.1. The molecule has 9 heteroatoms. The molecule has 9 nitrogen and oxygen atoms in total. The molecule has 0 bridgehead atoms. The third-order valence-corrected chi connectivity index (χ3v) is 3.59. The van der Waals surface area contributed by atoms with E-state index in [1.54, 1.807) is 12.1 Å². The van der Waals surface area contributed by atoms with Crippen molar-refractivity contribution in [3.8, 4) is 0 Å². The molecule has 2 rings (SSSR count). The monoisotopic (exact) mass is 442 g/mol. The molecule has 0 aromatic heterocycles. The number of aliphatic hydroxyl groups excluding tert-OH is 2. The van der Waals surface area contributed by atoms with Crippen LogP contribution in [0, 0.1) is 5.92 Å². The zero-order chi connectivity index (χ0) is 24.2. The molecule has 31 heavy (non-hydrogen) atoms. The summed E-state index contributed by atoms with van der Waals surface area (Å²) in [5.74, 6) is -1.68. The number of hydrogen-bond donors (Lipinski definition) is 4. The summed E-state index contributed by atoms with van der Waals surface area (Å²) in [4.78, 5) is 32.8. The highest BCUT2D eigenvalue weighted by Gasteiger charge is 2.39. The Morgan fingerprint density at radius 1 is 1.16 bits per heavy atom. The van der Waals surface area contributed by atoms with Crippen LogP contribution in [0.15, 0.2) is 30.3 Å². The Kier molecular flexibility index (Phi) is 19.3. The van der Waals surface area contributed by atoms with Crippen LogP contribution < -0.4 is 10.4 Å². The van der Waals surface area contributed by atoms with E-state index in [2.05, 4.69) is 5.43 Å². The Bertz CT molecular complexity index is 603. The number of aliphatic hydroxyl groups is 2. The summed E-state index contributed by atoms with van der Waals surface area (Å²) in [6.45, 7) is 10.2. The minimum atomic E-state index is -0.833. The molecule has 0 spiro atoms. The minimum Gasteiger partial charge on any atom is -0.481 e. The first kappa shape index (κ1) is 30.7. The van der Waals surface area contributed by atoms with Crippen molar-refractivity contribution >= 4 is 23.5 Å². The Hall–Kier alpha value is -2.49. The minimum absolute atomic E-state index is 0.139. The van der Waals surface area contributed by atoms with Crippen LogP contribution in [0.4, 0.5) is 5.69 Å². The largest absolute Gasteiger partial charge is 0.481 e. The molecule has 2 unspecified atom stereocenters. The molecular formula is C22H38N2O7. The van der Waals surface area contributed by atoms with Gasteiger partial charge in [0.25, 0.3) is 17.8 Å². The number of hydrogen-bond acceptors (Lipinski definition) is 6. The third-order valence-electron chi connectivity index (χ3n) is 3.59. The number of nitrogens with one attached hydrogen (secondary N) is 1. The number of anilines is 1. The standard InChI is InChI=1S/C13H16N2O2.C4H10O.C3H8O2.C2H4O2/c1-2-3-9-11-12(16)14-15(13(11)17)10-7-5-4-6-8-10;1-3-5-4-2;1-3(5)2-4;1-2(3)4/h4-8,11H,2-3,9H2,1H3,(H,14,16);3-4H2,1-2H3;3-5H,2H2,1H3;1H3,(H,3,4). The number of para-hydroxylation sites is 1. The Morgan fingerprint density at radius 3 is 2.00 bits per heavy atom. The highest BCUT2D eigenvalue weighted by Crippen LogP contribution is 2.22. The fraction of sp³-hybridized carbons (Fsp3) is 0.591. The SMILES string of the molecule is CC(=O)O.CC(O)CO.CCCCC1C(=O)NN(c2ccccc2)C1=O.CCOCC. The van der Waals surface area contributed by atoms with Gasteiger partial charge in [0, 0.05) is 20.1 Å². The molecular weight excluding hydrogens is 404 g/mol. The summed E-state index contributed by atoms with van der Waals surface area (Å²) in [7, 11) is 0. The van der Waals surface area contributed by atoms with E-state index in [1.165, 1.54) is 11.9 Å². The predicted octanol–water partition coefficient (Wildman–Crippen LogP) is 2.36. The van der Waals surface area contributed by atoms with Crippen molar-refractivity contribution in [2.75, 3.05) is 24.8 Å². The van der Waals surface area contributed by atoms with E-state index in [0.29, 0.717) is 12.1 Å². The lowest BCUT2D eigenvalue weighted by atomic mass is 10.0. The van der Waals surface area contributed by atoms with Gasteiger partial charge in [-0.1, -0.05) is 38.0 Å². The van der Waals surface area contributed by atoms with E-state index in [1.807, 2.05) is 39.0 Å². The average molecular weight is 443 g/mol. The second-order valence-corrected chi connectivity index (χ2v) is 6.51. The van der Waals surface area contributed by atoms with Crippen molar-refractivity contribution < 1.29 is 34.4 Å². The predicted molar refractivity (Wildman–Crippen MR) is 119 cm³/mol. The number of carboxylic acids is 1. The summed E-state index contributed by atoms with van der Waals surface area (Å²) in [6.07, 6.45) is 1.95. The zero-order valence-electron chi connectivity index (χ0n) is 19.2. The molecule has 2 amide bonds. The molecule has 1 fully saturated rings. The van der Waals surface area contributed by atoms with Gasteiger partial charge in [-0.15, -0.1) is 0 Å². The van der Waals surface area contributed by atoms with Crippen molar-refractivity contribution in [1.29, 1.82) is 0 Å². The van der Waals surface area contributed by atoms with Crippen LogP contribution in [-0.2, 0) is 19.1 Å². The summed E-state index contributed by atoms with van der Waals surface area (Å²) >= 11 is 0. The molecule has 0 saturated carbocycles. The van der Waals surface area contributed by atoms with E-state index in [9.17, 15) is 9.59 Å². The van der Waals surface area contributed by atoms with Crippen LogP contribution in [0.1, 0.15) is 53.9 Å². The van der Waals surface area contributed by atoms with E-state index in [0.717, 1.165) is 33.0 Å². The van der Waals surface area contributed by atoms with Crippen molar-refractivity contribution in [2.45, 2.75) is 60.0 Å². The fourth-order valence-corrected chi connectivity index (χ4v) is 2.15. The number of carbonyl (C=O) groups is 3. The van der Waals surface area contributed by atoms with Gasteiger partial charge in [0.2, 0.25) is 0 Å². The molecule has 1 aliphatic rings. The number of carbonyl (C=O) groups excluding carboxylic acids is 2. The molecule has 1 aromatic carbocycles. The van der Waals surface area contributed by atoms with Gasteiger partial charge in [-0.3, -0.25) is 19.8 Å². The highest BCUT2D eigenvalue weighted by molar-refractivity contribution is 6.14. The van der Waals surface area contributed by atoms with Gasteiger partial charge in [-0.25, -0.2) is 5.01 Å². The molecule has 0 radical (unpaired) electrons. The molecule has 1 aliphatic heterocycles. The third kappa shape index (κ3) is 15.9. The van der Waals surface area contributed by atoms with Crippen molar-refractivity contribution in [1.82, 2.24) is 5.43 Å². The first-order valence-electron chi connectivity index (χ1n) is 10.4. The number of hydrazine groups is 1. The number of rotatable bonds is 7. The number of amides is 2. The van der Waals surface area contributed by atoms with Crippen LogP contribution in [0.3, 0.4) is 0 Å². The first-order valence-corrected chi connectivity index (χ1v) is 10.4. The van der Waals surface area contributed by atoms with Gasteiger partial charge in [-0.05, 0) is 39.3 Å². The van der Waals surface area contributed by atoms with E-state index < -0.39 is 18.0 Å². The number of carboxylic acid groups (broad SMARTS) is 1. The average Bonchev–Trinajstić information content (AvgIpc) is 3.01. The maximum atomic E-state index is 12.1. The van der Waals surface area contributed by atoms with Crippen molar-refractivity contribution in [2.24, 2.45) is 5.92 Å². The van der Waals surface area contributed by atoms with Crippen LogP contribution in [0.2, 0.25) is 0 Å². The van der Waals surface area contributed by atoms with E-state index >= 15 is 0 Å². The van der Waals surface area contributed by atoms with Gasteiger partial charge >= 0.3 is 0 Å². The summed E-state index contributed by atoms with van der Waals surface area (Å²) in [6, 6.07) is 9.17. The van der Waals surface area contributed by atoms with Crippen molar-refractivity contribution in [3.05, 3.63) is 30.3 Å². The maximum Gasteiger partial charge on any atom is 0.300 e. The molecule has 0 aliphatic carbocycles. The Morgan fingerprint density at radius 2 is 1.65 bits per heavy atom. The number of aliphatic carboxylic acids is 1. The smallest absolute Gasteiger partial charge is 0.300 e. The fourth-order valence-electron chi connectivity index (χ4n) is 2.15. The molecule has 1 saturated heterocycles. The van der Waals surface area contributed by atoms with E-state index in [-0.39, 0.29) is 18.4 Å². The summed E-state index contributed by atoms with van der Waals surface area (Å²) < 4.78 is 4.83. The van der Waals surface area contributed by atoms with Crippen LogP contribution in [0.5, 0.6) is 0 Å². The molecule has 1 aromatic rings. The quantitative estimate of drug-likeness (QED) is 0.476. The van der Waals surface area contributed by atoms with Crippen LogP contribution >= 0.6 is 0 Å². The van der Waals surface area contributed by atoms with Gasteiger partial charge in [-0.2, -0.15) is 0 Å². The lowest BCUT2D eigenvalue weighted by Crippen LogP contribution is -2.35. The number of ether oxygens (including phenoxy) is 1. The van der Waals surface area contributed by atoms with Gasteiger partial charge < -0.3 is 20.1 Å². The zero-order valence-corrected chi connectivity index (χ0v) is 19.2. The van der Waals surface area contributed by atoms with Gasteiger partial charge in [0.1, 0.15) is 5.92 Å². The molecule has 1 heterocycles. The first-order chi connectivity index (χ1) is 14.7. The molecule has 4 N–H and O–H groups in total. The lowest BCUT2D eigenvalue weighted by Gasteiger charge is -2.14. The topological polar surface area (TPSA) is 136 Å². The Balaban J connectivity index is 0. The number of nitrogens with zero attached hydrogens (tertiary/aromatic N) is 1. The second kappa shape index (κ2) is 19.5. The normalized spacial score (nSPS) is 15.3. The summed E-state index contributed by atoms with van der Waals surface area (Å²) in [5.41, 5.74) is 3.34. The van der Waals surface area contributed by atoms with Gasteiger partial charge in [0.15, 0.2) is 0 Å². The van der Waals surface area contributed by atoms with Crippen molar-refractivity contribution in [3.63, 3.8) is 0 Å². The van der Waals surface area contributed by atoms with Crippen LogP contribution in [0.25, 0.3) is 0 Å². The van der Waals surface area contributed by atoms with Crippen LogP contribution in [-0.4, -0.2) is 59.0 Å².